The molecule has 0 amide bonds. The predicted octanol–water partition coefficient (Wildman–Crippen LogP) is 6.38. The normalized spacial score (nSPS) is 11.6. The summed E-state index contributed by atoms with van der Waals surface area (Å²) >= 11 is 0. The summed E-state index contributed by atoms with van der Waals surface area (Å²) in [5, 5.41) is 4.62. The van der Waals surface area contributed by atoms with Gasteiger partial charge in [0.1, 0.15) is 0 Å². The van der Waals surface area contributed by atoms with E-state index in [1.807, 2.05) is 44.2 Å². The van der Waals surface area contributed by atoms with Gasteiger partial charge in [-0.25, -0.2) is 0 Å². The molecule has 0 bridgehead atoms. The van der Waals surface area contributed by atoms with Crippen LogP contribution in [0.3, 0.4) is 0 Å². The zero-order valence-electron chi connectivity index (χ0n) is 19.9. The number of aromatic nitrogens is 4. The van der Waals surface area contributed by atoms with Crippen LogP contribution in [0.15, 0.2) is 48.5 Å². The van der Waals surface area contributed by atoms with Crippen LogP contribution >= 0.6 is 0 Å². The van der Waals surface area contributed by atoms with E-state index in [9.17, 15) is 8.78 Å². The Kier molecular flexibility index (Phi) is 7.38. The molecule has 3 aromatic heterocycles. The number of rotatable bonds is 4. The first-order valence-electron chi connectivity index (χ1n) is 10.7. The van der Waals surface area contributed by atoms with E-state index in [4.69, 9.17) is 11.6 Å². The van der Waals surface area contributed by atoms with Crippen molar-refractivity contribution in [3.05, 3.63) is 101 Å². The van der Waals surface area contributed by atoms with Crippen LogP contribution in [-0.2, 0) is 31.9 Å². The summed E-state index contributed by atoms with van der Waals surface area (Å²) < 4.78 is 30.1. The fourth-order valence-electron chi connectivity index (χ4n) is 3.49. The number of hydrogen-bond donors (Lipinski definition) is 0. The van der Waals surface area contributed by atoms with Crippen molar-refractivity contribution >= 4 is 5.69 Å². The molecule has 0 N–H and O–H groups in total. The zero-order chi connectivity index (χ0) is 24.7. The third-order valence-electron chi connectivity index (χ3n) is 5.65. The van der Waals surface area contributed by atoms with Crippen LogP contribution in [0.25, 0.3) is 21.9 Å². The Morgan fingerprint density at radius 2 is 1.57 bits per heavy atom. The Hall–Kier alpha value is -3.23. The molecule has 1 aromatic carbocycles. The maximum atomic E-state index is 14.7. The molecule has 3 heterocycles. The second kappa shape index (κ2) is 9.79. The van der Waals surface area contributed by atoms with Crippen LogP contribution in [0, 0.1) is 30.5 Å². The second-order valence-electron chi connectivity index (χ2n) is 9.52. The van der Waals surface area contributed by atoms with Gasteiger partial charge in [-0.2, -0.15) is 0 Å². The summed E-state index contributed by atoms with van der Waals surface area (Å²) in [6.07, 6.45) is 3.13. The van der Waals surface area contributed by atoms with Crippen molar-refractivity contribution in [3.63, 3.8) is 0 Å². The van der Waals surface area contributed by atoms with Gasteiger partial charge in [-0.05, 0) is 42.8 Å². The fraction of sp³-hybridized carbons (Fsp3) is 0.259. The van der Waals surface area contributed by atoms with Crippen LogP contribution < -0.4 is 0 Å². The molecule has 35 heavy (non-hydrogen) atoms. The molecule has 0 unspecified atom stereocenters. The van der Waals surface area contributed by atoms with Crippen molar-refractivity contribution < 1.29 is 29.8 Å². The van der Waals surface area contributed by atoms with Crippen LogP contribution in [0.5, 0.6) is 0 Å². The number of pyridine rings is 2. The Bertz CT molecular complexity index is 1410. The summed E-state index contributed by atoms with van der Waals surface area (Å²) in [7, 11) is 0. The van der Waals surface area contributed by atoms with Crippen molar-refractivity contribution in [2.75, 3.05) is 0 Å². The van der Waals surface area contributed by atoms with Crippen molar-refractivity contribution in [3.8, 4) is 17.1 Å². The van der Waals surface area contributed by atoms with Gasteiger partial charge in [-0.15, -0.1) is 23.8 Å². The molecule has 0 fully saturated rings. The molecule has 0 aliphatic carbocycles. The van der Waals surface area contributed by atoms with Gasteiger partial charge in [-0.1, -0.05) is 51.2 Å². The van der Waals surface area contributed by atoms with Crippen molar-refractivity contribution in [2.45, 2.75) is 45.4 Å². The van der Waals surface area contributed by atoms with E-state index in [1.54, 1.807) is 16.8 Å². The number of halogens is 2. The Morgan fingerprint density at radius 3 is 2.20 bits per heavy atom. The first kappa shape index (κ1) is 26.4. The molecular formula is C27H23F2N5Pt. The summed E-state index contributed by atoms with van der Waals surface area (Å²) in [6, 6.07) is 16.2. The van der Waals surface area contributed by atoms with Gasteiger partial charge in [0.25, 0.3) is 0 Å². The quantitative estimate of drug-likeness (QED) is 0.241. The molecule has 0 spiro atoms. The SMILES string of the molecule is [C-]#[N+]c1c(F)c[c-]c(-c2cccc(C(C)(C)c3cccc(-n4[c-]cc(C(C)(C)C)n4)n3)n2)c1F.[Pt+2]. The van der Waals surface area contributed by atoms with E-state index >= 15 is 0 Å². The van der Waals surface area contributed by atoms with Gasteiger partial charge >= 0.3 is 21.1 Å². The average Bonchev–Trinajstić information content (AvgIpc) is 3.31. The zero-order valence-corrected chi connectivity index (χ0v) is 22.2. The minimum absolute atomic E-state index is 0. The van der Waals surface area contributed by atoms with Crippen molar-refractivity contribution in [1.82, 2.24) is 19.7 Å². The minimum Gasteiger partial charge on any atom is -0.343 e. The molecule has 0 radical (unpaired) electrons. The maximum absolute atomic E-state index is 14.7. The largest absolute Gasteiger partial charge is 2.00 e. The standard InChI is InChI=1S/C27H23F2N5.Pt/c1-26(2,3)20-15-16-34(33-20)23-12-8-11-22(32-23)27(4,5)21-10-7-9-19(31-21)17-13-14-18(28)25(30-6)24(17)29;/h7-12,14-15H,1-5H3;/q-2;+2. The van der Waals surface area contributed by atoms with Gasteiger partial charge < -0.3 is 9.67 Å². The topological polar surface area (TPSA) is 48.0 Å². The Morgan fingerprint density at radius 1 is 0.914 bits per heavy atom. The third kappa shape index (κ3) is 5.08. The van der Waals surface area contributed by atoms with Gasteiger partial charge in [0, 0.05) is 28.4 Å². The smallest absolute Gasteiger partial charge is 0.343 e. The fourth-order valence-corrected chi connectivity index (χ4v) is 3.49. The van der Waals surface area contributed by atoms with E-state index in [-0.39, 0.29) is 37.7 Å². The van der Waals surface area contributed by atoms with E-state index < -0.39 is 22.7 Å². The molecule has 4 rings (SSSR count). The summed E-state index contributed by atoms with van der Waals surface area (Å²) in [5.74, 6) is -1.29. The van der Waals surface area contributed by atoms with Crippen LogP contribution in [0.1, 0.15) is 51.7 Å². The summed E-state index contributed by atoms with van der Waals surface area (Å²) in [4.78, 5) is 12.4. The minimum atomic E-state index is -0.971. The molecule has 5 nitrogen and oxygen atoms in total. The molecule has 0 atom stereocenters. The molecule has 8 heteroatoms. The summed E-state index contributed by atoms with van der Waals surface area (Å²) in [5.41, 5.74) is 1.07. The number of benzene rings is 1. The maximum Gasteiger partial charge on any atom is 2.00 e. The molecule has 4 aromatic rings. The van der Waals surface area contributed by atoms with Gasteiger partial charge in [0.15, 0.2) is 5.69 Å². The number of nitrogens with zero attached hydrogens (tertiary/aromatic N) is 5. The van der Waals surface area contributed by atoms with Crippen molar-refractivity contribution in [2.24, 2.45) is 0 Å². The molecular weight excluding hydrogens is 627 g/mol. The van der Waals surface area contributed by atoms with E-state index in [0.717, 1.165) is 17.5 Å². The number of hydrogen-bond acceptors (Lipinski definition) is 3. The van der Waals surface area contributed by atoms with Crippen LogP contribution in [0.4, 0.5) is 14.5 Å². The van der Waals surface area contributed by atoms with E-state index in [2.05, 4.69) is 48.0 Å². The molecule has 180 valence electrons. The molecule has 0 saturated carbocycles. The van der Waals surface area contributed by atoms with Gasteiger partial charge in [-0.3, -0.25) is 23.7 Å². The van der Waals surface area contributed by atoms with E-state index in [1.165, 1.54) is 0 Å². The predicted molar refractivity (Wildman–Crippen MR) is 126 cm³/mol. The van der Waals surface area contributed by atoms with Gasteiger partial charge in [0.2, 0.25) is 0 Å². The Labute approximate surface area is 218 Å². The molecule has 0 saturated heterocycles. The monoisotopic (exact) mass is 650 g/mol. The molecule has 0 aliphatic heterocycles. The van der Waals surface area contributed by atoms with Crippen LogP contribution in [0.2, 0.25) is 0 Å². The van der Waals surface area contributed by atoms with Crippen molar-refractivity contribution in [1.29, 1.82) is 0 Å². The second-order valence-corrected chi connectivity index (χ2v) is 9.52. The first-order chi connectivity index (χ1) is 16.0. The average molecular weight is 651 g/mol. The summed E-state index contributed by atoms with van der Waals surface area (Å²) in [6.45, 7) is 17.2. The first-order valence-corrected chi connectivity index (χ1v) is 10.7. The van der Waals surface area contributed by atoms with Gasteiger partial charge in [0.05, 0.1) is 12.4 Å². The molecule has 0 aliphatic rings. The Balaban J connectivity index is 0.00000342. The third-order valence-corrected chi connectivity index (χ3v) is 5.65. The van der Waals surface area contributed by atoms with Crippen LogP contribution in [-0.4, -0.2) is 19.7 Å². The van der Waals surface area contributed by atoms with E-state index in [0.29, 0.717) is 11.5 Å².